The molecule has 1 saturated carbocycles. The molecule has 0 aromatic heterocycles. The van der Waals surface area contributed by atoms with Gasteiger partial charge in [0.1, 0.15) is 11.9 Å². The number of likely N-dealkylation sites (tertiary alicyclic amines) is 2. The molecule has 212 valence electrons. The summed E-state index contributed by atoms with van der Waals surface area (Å²) < 4.78 is 42.5. The molecular formula is C32H41F3N2O2. The van der Waals surface area contributed by atoms with Gasteiger partial charge in [0.05, 0.1) is 0 Å². The Kier molecular flexibility index (Phi) is 8.97. The Balaban J connectivity index is 1.16. The number of benzene rings is 2. The zero-order valence-electron chi connectivity index (χ0n) is 22.7. The number of halogens is 3. The third kappa shape index (κ3) is 7.04. The molecule has 0 spiro atoms. The van der Waals surface area contributed by atoms with Crippen molar-refractivity contribution >= 4 is 5.97 Å². The number of hydrogen-bond donors (Lipinski definition) is 1. The van der Waals surface area contributed by atoms with E-state index in [1.165, 1.54) is 24.1 Å². The van der Waals surface area contributed by atoms with Crippen molar-refractivity contribution in [1.82, 2.24) is 9.80 Å². The minimum Gasteiger partial charge on any atom is -0.480 e. The second-order valence-electron chi connectivity index (χ2n) is 12.1. The first-order chi connectivity index (χ1) is 18.8. The van der Waals surface area contributed by atoms with E-state index in [0.29, 0.717) is 24.2 Å². The number of piperidine rings is 1. The summed E-state index contributed by atoms with van der Waals surface area (Å²) in [7, 11) is 0. The molecule has 5 rings (SSSR count). The lowest BCUT2D eigenvalue weighted by molar-refractivity contribution is -0.144. The van der Waals surface area contributed by atoms with Gasteiger partial charge in [-0.25, -0.2) is 13.2 Å². The van der Waals surface area contributed by atoms with Crippen LogP contribution in [-0.4, -0.2) is 59.6 Å². The lowest BCUT2D eigenvalue weighted by Gasteiger charge is -2.35. The fourth-order valence-corrected chi connectivity index (χ4v) is 6.89. The lowest BCUT2D eigenvalue weighted by atomic mass is 9.80. The predicted molar refractivity (Wildman–Crippen MR) is 146 cm³/mol. The van der Waals surface area contributed by atoms with Gasteiger partial charge in [0.2, 0.25) is 0 Å². The van der Waals surface area contributed by atoms with E-state index < -0.39 is 23.8 Å². The number of hydrogen-bond acceptors (Lipinski definition) is 3. The number of alkyl halides is 2. The molecule has 3 unspecified atom stereocenters. The van der Waals surface area contributed by atoms with E-state index in [0.717, 1.165) is 77.0 Å². The van der Waals surface area contributed by atoms with Crippen LogP contribution in [0.25, 0.3) is 0 Å². The van der Waals surface area contributed by atoms with Gasteiger partial charge in [-0.1, -0.05) is 61.7 Å². The van der Waals surface area contributed by atoms with Gasteiger partial charge in [-0.15, -0.1) is 0 Å². The van der Waals surface area contributed by atoms with Crippen LogP contribution in [0.1, 0.15) is 68.4 Å². The minimum absolute atomic E-state index is 0.115. The molecular weight excluding hydrogens is 501 g/mol. The zero-order chi connectivity index (χ0) is 27.4. The summed E-state index contributed by atoms with van der Waals surface area (Å²) in [6.07, 6.45) is 6.29. The maximum atomic E-state index is 14.7. The first kappa shape index (κ1) is 28.2. The van der Waals surface area contributed by atoms with Gasteiger partial charge in [0, 0.05) is 37.5 Å². The summed E-state index contributed by atoms with van der Waals surface area (Å²) in [4.78, 5) is 16.9. The Hall–Kier alpha value is -2.38. The molecule has 2 aromatic carbocycles. The van der Waals surface area contributed by atoms with Crippen molar-refractivity contribution in [2.75, 3.05) is 32.7 Å². The predicted octanol–water partition coefficient (Wildman–Crippen LogP) is 6.77. The highest BCUT2D eigenvalue weighted by Crippen LogP contribution is 2.39. The highest BCUT2D eigenvalue weighted by atomic mass is 19.3. The first-order valence-corrected chi connectivity index (χ1v) is 14.7. The van der Waals surface area contributed by atoms with Gasteiger partial charge in [-0.2, -0.15) is 0 Å². The third-order valence-electron chi connectivity index (χ3n) is 9.54. The van der Waals surface area contributed by atoms with E-state index in [-0.39, 0.29) is 17.9 Å². The molecule has 39 heavy (non-hydrogen) atoms. The van der Waals surface area contributed by atoms with Crippen LogP contribution in [0.3, 0.4) is 0 Å². The molecule has 3 aliphatic rings. The highest BCUT2D eigenvalue weighted by molar-refractivity contribution is 5.73. The number of rotatable bonds is 11. The topological polar surface area (TPSA) is 43.8 Å². The average Bonchev–Trinajstić information content (AvgIpc) is 3.31. The smallest absolute Gasteiger partial charge is 0.320 e. The Bertz CT molecular complexity index is 1070. The van der Waals surface area contributed by atoms with Gasteiger partial charge in [-0.3, -0.25) is 9.69 Å². The van der Waals surface area contributed by atoms with Crippen molar-refractivity contribution in [3.8, 4) is 0 Å². The Labute approximate surface area is 230 Å². The molecule has 0 radical (unpaired) electrons. The Morgan fingerprint density at radius 1 is 0.949 bits per heavy atom. The number of carboxylic acid groups (broad SMARTS) is 1. The molecule has 7 heteroatoms. The molecule has 4 nitrogen and oxygen atoms in total. The quantitative estimate of drug-likeness (QED) is 0.340. The van der Waals surface area contributed by atoms with Gasteiger partial charge in [-0.05, 0) is 74.2 Å². The monoisotopic (exact) mass is 542 g/mol. The van der Waals surface area contributed by atoms with Crippen LogP contribution >= 0.6 is 0 Å². The number of carboxylic acids is 1. The molecule has 0 bridgehead atoms. The SMILES string of the molecule is O=C(O)C(CC1CCC1)N1CC(CN2CCC(CCC(F)(F)c3ccc(F)cc3)CC2)C(c2ccccc2)C1. The molecule has 2 aromatic rings. The maximum absolute atomic E-state index is 14.7. The van der Waals surface area contributed by atoms with Crippen LogP contribution in [0.4, 0.5) is 13.2 Å². The fraction of sp³-hybridized carbons (Fsp3) is 0.594. The van der Waals surface area contributed by atoms with Crippen LogP contribution in [0.2, 0.25) is 0 Å². The first-order valence-electron chi connectivity index (χ1n) is 14.7. The summed E-state index contributed by atoms with van der Waals surface area (Å²) in [6, 6.07) is 14.6. The number of carbonyl (C=O) groups is 1. The Morgan fingerprint density at radius 3 is 2.26 bits per heavy atom. The molecule has 2 heterocycles. The van der Waals surface area contributed by atoms with E-state index in [4.69, 9.17) is 0 Å². The largest absolute Gasteiger partial charge is 0.480 e. The van der Waals surface area contributed by atoms with Crippen molar-refractivity contribution in [3.63, 3.8) is 0 Å². The van der Waals surface area contributed by atoms with Crippen LogP contribution in [-0.2, 0) is 10.7 Å². The number of aliphatic carboxylic acids is 1. The number of nitrogens with zero attached hydrogens (tertiary/aromatic N) is 2. The summed E-state index contributed by atoms with van der Waals surface area (Å²) in [6.45, 7) is 4.23. The van der Waals surface area contributed by atoms with Crippen LogP contribution in [0.15, 0.2) is 54.6 Å². The highest BCUT2D eigenvalue weighted by Gasteiger charge is 2.41. The van der Waals surface area contributed by atoms with Crippen molar-refractivity contribution in [1.29, 1.82) is 0 Å². The van der Waals surface area contributed by atoms with Crippen LogP contribution in [0, 0.1) is 23.6 Å². The van der Waals surface area contributed by atoms with Crippen LogP contribution < -0.4 is 0 Å². The van der Waals surface area contributed by atoms with Gasteiger partial charge in [0.25, 0.3) is 5.92 Å². The lowest BCUT2D eigenvalue weighted by Crippen LogP contribution is -2.43. The normalized spacial score (nSPS) is 24.5. The van der Waals surface area contributed by atoms with E-state index in [2.05, 4.69) is 34.1 Å². The second-order valence-corrected chi connectivity index (χ2v) is 12.1. The van der Waals surface area contributed by atoms with Crippen molar-refractivity contribution in [2.24, 2.45) is 17.8 Å². The van der Waals surface area contributed by atoms with Gasteiger partial charge < -0.3 is 10.0 Å². The van der Waals surface area contributed by atoms with Gasteiger partial charge in [0.15, 0.2) is 0 Å². The maximum Gasteiger partial charge on any atom is 0.320 e. The van der Waals surface area contributed by atoms with E-state index in [1.807, 2.05) is 6.07 Å². The zero-order valence-corrected chi connectivity index (χ0v) is 22.7. The Morgan fingerprint density at radius 2 is 1.64 bits per heavy atom. The summed E-state index contributed by atoms with van der Waals surface area (Å²) in [5, 5.41) is 10.1. The van der Waals surface area contributed by atoms with E-state index >= 15 is 0 Å². The molecule has 1 N–H and O–H groups in total. The molecule has 0 amide bonds. The molecule has 3 fully saturated rings. The van der Waals surface area contributed by atoms with Crippen molar-refractivity contribution in [2.45, 2.75) is 69.2 Å². The van der Waals surface area contributed by atoms with Crippen molar-refractivity contribution in [3.05, 3.63) is 71.5 Å². The van der Waals surface area contributed by atoms with Crippen LogP contribution in [0.5, 0.6) is 0 Å². The fourth-order valence-electron chi connectivity index (χ4n) is 6.89. The van der Waals surface area contributed by atoms with E-state index in [1.54, 1.807) is 0 Å². The van der Waals surface area contributed by atoms with Gasteiger partial charge >= 0.3 is 5.97 Å². The summed E-state index contributed by atoms with van der Waals surface area (Å²) >= 11 is 0. The second kappa shape index (κ2) is 12.4. The molecule has 1 aliphatic carbocycles. The van der Waals surface area contributed by atoms with Crippen molar-refractivity contribution < 1.29 is 23.1 Å². The molecule has 2 saturated heterocycles. The third-order valence-corrected chi connectivity index (χ3v) is 9.54. The standard InChI is InChI=1S/C32H41F3N2O2/c33-28-11-9-27(10-12-28)32(34,35)16-13-23-14-17-36(18-15-23)20-26-21-37(22-29(26)25-7-2-1-3-8-25)30(31(38)39)19-24-5-4-6-24/h1-3,7-12,23-24,26,29-30H,4-6,13-22H2,(H,38,39). The van der Waals surface area contributed by atoms with E-state index in [9.17, 15) is 23.1 Å². The summed E-state index contributed by atoms with van der Waals surface area (Å²) in [5.41, 5.74) is 1.16. The summed E-state index contributed by atoms with van der Waals surface area (Å²) in [5.74, 6) is -2.71. The average molecular weight is 543 g/mol. The molecule has 3 atom stereocenters. The minimum atomic E-state index is -2.94. The molecule has 2 aliphatic heterocycles.